The molecule has 0 fully saturated rings. The number of nitrogens with one attached hydrogen (secondary N) is 1. The summed E-state index contributed by atoms with van der Waals surface area (Å²) < 4.78 is 22.5. The zero-order valence-corrected chi connectivity index (χ0v) is 17.9. The van der Waals surface area contributed by atoms with E-state index in [4.69, 9.17) is 23.9 Å². The molecule has 2 aromatic carbocycles. The van der Waals surface area contributed by atoms with E-state index < -0.39 is 0 Å². The number of benzene rings is 2. The highest BCUT2D eigenvalue weighted by molar-refractivity contribution is 5.84. The molecule has 0 bridgehead atoms. The predicted molar refractivity (Wildman–Crippen MR) is 116 cm³/mol. The van der Waals surface area contributed by atoms with Crippen LogP contribution in [-0.2, 0) is 4.79 Å². The number of fused-ring (bicyclic) bond motifs is 1. The third-order valence-electron chi connectivity index (χ3n) is 4.73. The second-order valence-electron chi connectivity index (χ2n) is 6.97. The fourth-order valence-electron chi connectivity index (χ4n) is 3.19. The van der Waals surface area contributed by atoms with Crippen LogP contribution >= 0.6 is 0 Å². The minimum atomic E-state index is -0.270. The van der Waals surface area contributed by atoms with Gasteiger partial charge in [0.2, 0.25) is 5.91 Å². The van der Waals surface area contributed by atoms with E-state index in [9.17, 15) is 4.79 Å². The molecule has 7 heteroatoms. The molecule has 1 N–H and O–H groups in total. The van der Waals surface area contributed by atoms with Crippen molar-refractivity contribution in [3.8, 4) is 23.3 Å². The van der Waals surface area contributed by atoms with E-state index in [0.717, 1.165) is 5.39 Å². The third kappa shape index (κ3) is 5.48. The summed E-state index contributed by atoms with van der Waals surface area (Å²) in [6, 6.07) is 14.4. The lowest BCUT2D eigenvalue weighted by atomic mass is 10.2. The first-order valence-electron chi connectivity index (χ1n) is 10.2. The number of rotatable bonds is 10. The Morgan fingerprint density at radius 1 is 1.16 bits per heavy atom. The highest BCUT2D eigenvalue weighted by Gasteiger charge is 2.16. The molecule has 0 radical (unpaired) electrons. The molecule has 0 aliphatic heterocycles. The first-order chi connectivity index (χ1) is 15.0. The van der Waals surface area contributed by atoms with E-state index >= 15 is 0 Å². The van der Waals surface area contributed by atoms with Crippen LogP contribution in [0.25, 0.3) is 11.0 Å². The lowest BCUT2D eigenvalue weighted by Gasteiger charge is -2.13. The van der Waals surface area contributed by atoms with Crippen molar-refractivity contribution in [2.75, 3.05) is 20.3 Å². The molecular formula is C24H26N2O5. The zero-order valence-electron chi connectivity index (χ0n) is 17.9. The molecule has 7 nitrogen and oxygen atoms in total. The van der Waals surface area contributed by atoms with Gasteiger partial charge in [0.05, 0.1) is 38.0 Å². The predicted octanol–water partition coefficient (Wildman–Crippen LogP) is 4.75. The molecule has 3 aromatic rings. The van der Waals surface area contributed by atoms with Crippen molar-refractivity contribution in [2.45, 2.75) is 32.7 Å². The van der Waals surface area contributed by atoms with Gasteiger partial charge in [-0.25, -0.2) is 0 Å². The van der Waals surface area contributed by atoms with Gasteiger partial charge in [0, 0.05) is 17.9 Å². The summed E-state index contributed by atoms with van der Waals surface area (Å²) in [4.78, 5) is 12.3. The number of methoxy groups -OCH3 is 1. The van der Waals surface area contributed by atoms with Crippen molar-refractivity contribution in [1.82, 2.24) is 5.32 Å². The third-order valence-corrected chi connectivity index (χ3v) is 4.73. The van der Waals surface area contributed by atoms with Crippen LogP contribution in [-0.4, -0.2) is 26.2 Å². The van der Waals surface area contributed by atoms with Crippen molar-refractivity contribution in [3.05, 3.63) is 53.8 Å². The van der Waals surface area contributed by atoms with Gasteiger partial charge in [0.1, 0.15) is 5.76 Å². The summed E-state index contributed by atoms with van der Waals surface area (Å²) in [7, 11) is 1.52. The average Bonchev–Trinajstić information content (AvgIpc) is 3.22. The minimum Gasteiger partial charge on any atom is -0.493 e. The lowest BCUT2D eigenvalue weighted by molar-refractivity contribution is -0.122. The molecule has 3 rings (SSSR count). The number of para-hydroxylation sites is 1. The molecule has 0 saturated carbocycles. The molecule has 1 aromatic heterocycles. The maximum absolute atomic E-state index is 12.3. The monoisotopic (exact) mass is 422 g/mol. The zero-order chi connectivity index (χ0) is 22.2. The number of nitrogens with zero attached hydrogens (tertiary/aromatic N) is 1. The van der Waals surface area contributed by atoms with Crippen molar-refractivity contribution in [1.29, 1.82) is 5.26 Å². The van der Waals surface area contributed by atoms with Crippen molar-refractivity contribution < 1.29 is 23.4 Å². The number of carbonyl (C=O) groups is 1. The number of nitriles is 1. The molecule has 0 saturated heterocycles. The van der Waals surface area contributed by atoms with Gasteiger partial charge in [0.25, 0.3) is 0 Å². The molecule has 1 heterocycles. The van der Waals surface area contributed by atoms with E-state index in [2.05, 4.69) is 11.4 Å². The van der Waals surface area contributed by atoms with Crippen LogP contribution in [0.4, 0.5) is 0 Å². The average molecular weight is 422 g/mol. The molecular weight excluding hydrogens is 396 g/mol. The quantitative estimate of drug-likeness (QED) is 0.474. The van der Waals surface area contributed by atoms with Gasteiger partial charge in [-0.2, -0.15) is 5.26 Å². The highest BCUT2D eigenvalue weighted by atomic mass is 16.5. The largest absolute Gasteiger partial charge is 0.493 e. The van der Waals surface area contributed by atoms with Gasteiger partial charge < -0.3 is 23.9 Å². The molecule has 0 aliphatic rings. The fourth-order valence-corrected chi connectivity index (χ4v) is 3.19. The maximum Gasteiger partial charge on any atom is 0.220 e. The smallest absolute Gasteiger partial charge is 0.220 e. The summed E-state index contributed by atoms with van der Waals surface area (Å²) in [5.41, 5.74) is 1.18. The molecule has 0 spiro atoms. The standard InChI is InChI=1S/C24H26N2O5/c1-4-29-20-8-5-7-18-14-21(31-24(18)20)16(2)26-23(27)9-6-12-30-19-11-10-17(15-25)13-22(19)28-3/h5,7-8,10-11,13-14,16H,4,6,9,12H2,1-3H3,(H,26,27). The normalized spacial score (nSPS) is 11.5. The van der Waals surface area contributed by atoms with Crippen LogP contribution in [0.1, 0.15) is 44.1 Å². The lowest BCUT2D eigenvalue weighted by Crippen LogP contribution is -2.26. The second kappa shape index (κ2) is 10.4. The summed E-state index contributed by atoms with van der Waals surface area (Å²) in [6.45, 7) is 4.71. The molecule has 1 amide bonds. The fraction of sp³-hybridized carbons (Fsp3) is 0.333. The van der Waals surface area contributed by atoms with E-state index in [1.165, 1.54) is 7.11 Å². The first kappa shape index (κ1) is 22.0. The maximum atomic E-state index is 12.3. The molecule has 1 unspecified atom stereocenters. The SMILES string of the molecule is CCOc1cccc2cc(C(C)NC(=O)CCCOc3ccc(C#N)cc3OC)oc12. The Morgan fingerprint density at radius 2 is 2.00 bits per heavy atom. The molecule has 1 atom stereocenters. The van der Waals surface area contributed by atoms with Gasteiger partial charge in [-0.05, 0) is 44.5 Å². The highest BCUT2D eigenvalue weighted by Crippen LogP contribution is 2.31. The van der Waals surface area contributed by atoms with Crippen molar-refractivity contribution in [3.63, 3.8) is 0 Å². The number of hydrogen-bond donors (Lipinski definition) is 1. The van der Waals surface area contributed by atoms with Crippen LogP contribution in [0.15, 0.2) is 46.9 Å². The summed E-state index contributed by atoms with van der Waals surface area (Å²) in [5.74, 6) is 2.32. The number of furan rings is 1. The van der Waals surface area contributed by atoms with Crippen LogP contribution in [0, 0.1) is 11.3 Å². The first-order valence-corrected chi connectivity index (χ1v) is 10.2. The Balaban J connectivity index is 1.50. The Bertz CT molecular complexity index is 1080. The summed E-state index contributed by atoms with van der Waals surface area (Å²) in [6.07, 6.45) is 0.851. The van der Waals surface area contributed by atoms with Gasteiger partial charge in [-0.3, -0.25) is 4.79 Å². The topological polar surface area (TPSA) is 93.7 Å². The Hall–Kier alpha value is -3.66. The summed E-state index contributed by atoms with van der Waals surface area (Å²) in [5, 5.41) is 12.8. The van der Waals surface area contributed by atoms with E-state index in [-0.39, 0.29) is 11.9 Å². The van der Waals surface area contributed by atoms with E-state index in [1.54, 1.807) is 18.2 Å². The number of hydrogen-bond acceptors (Lipinski definition) is 6. The minimum absolute atomic E-state index is 0.0895. The van der Waals surface area contributed by atoms with Crippen molar-refractivity contribution in [2.24, 2.45) is 0 Å². The van der Waals surface area contributed by atoms with Crippen LogP contribution in [0.2, 0.25) is 0 Å². The number of carbonyl (C=O) groups excluding carboxylic acids is 1. The Kier molecular flexibility index (Phi) is 7.39. The van der Waals surface area contributed by atoms with Crippen LogP contribution < -0.4 is 19.5 Å². The van der Waals surface area contributed by atoms with Gasteiger partial charge in [-0.1, -0.05) is 12.1 Å². The molecule has 0 aliphatic carbocycles. The van der Waals surface area contributed by atoms with Crippen LogP contribution in [0.3, 0.4) is 0 Å². The van der Waals surface area contributed by atoms with Gasteiger partial charge in [-0.15, -0.1) is 0 Å². The van der Waals surface area contributed by atoms with Gasteiger partial charge in [0.15, 0.2) is 22.8 Å². The van der Waals surface area contributed by atoms with Crippen molar-refractivity contribution >= 4 is 16.9 Å². The van der Waals surface area contributed by atoms with Crippen LogP contribution in [0.5, 0.6) is 17.2 Å². The number of amides is 1. The van der Waals surface area contributed by atoms with E-state index in [1.807, 2.05) is 38.1 Å². The Labute approximate surface area is 181 Å². The van der Waals surface area contributed by atoms with Gasteiger partial charge >= 0.3 is 0 Å². The number of ether oxygens (including phenoxy) is 3. The second-order valence-corrected chi connectivity index (χ2v) is 6.97. The van der Waals surface area contributed by atoms with E-state index in [0.29, 0.717) is 60.2 Å². The Morgan fingerprint density at radius 3 is 2.74 bits per heavy atom. The summed E-state index contributed by atoms with van der Waals surface area (Å²) >= 11 is 0. The molecule has 31 heavy (non-hydrogen) atoms. The molecule has 162 valence electrons.